The van der Waals surface area contributed by atoms with E-state index in [-0.39, 0.29) is 5.95 Å². The number of benzene rings is 1. The minimum absolute atomic E-state index is 0.236. The van der Waals surface area contributed by atoms with Crippen LogP contribution in [0.4, 0.5) is 5.95 Å². The van der Waals surface area contributed by atoms with E-state index in [1.165, 1.54) is 4.85 Å². The van der Waals surface area contributed by atoms with Crippen molar-refractivity contribution < 1.29 is 4.62 Å². The Hall–Kier alpha value is -1.69. The highest BCUT2D eigenvalue weighted by Crippen LogP contribution is 2.37. The molecular weight excluding hydrogens is 275 g/mol. The van der Waals surface area contributed by atoms with Gasteiger partial charge in [0.05, 0.1) is 0 Å². The average molecular weight is 294 g/mol. The third kappa shape index (κ3) is 3.25. The maximum Gasteiger partial charge on any atom is 0.277 e. The minimum Gasteiger partial charge on any atom is -0.365 e. The normalized spacial score (nSPS) is 11.6. The van der Waals surface area contributed by atoms with Crippen LogP contribution in [0.5, 0.6) is 0 Å². The van der Waals surface area contributed by atoms with Gasteiger partial charge in [-0.3, -0.25) is 0 Å². The lowest BCUT2D eigenvalue weighted by Gasteiger charge is -2.27. The summed E-state index contributed by atoms with van der Waals surface area (Å²) in [5.41, 5.74) is 6.77. The van der Waals surface area contributed by atoms with Crippen LogP contribution in [0.15, 0.2) is 30.3 Å². The smallest absolute Gasteiger partial charge is 0.277 e. The van der Waals surface area contributed by atoms with E-state index in [0.29, 0.717) is 5.82 Å². The molecule has 0 aliphatic rings. The Labute approximate surface area is 119 Å². The molecule has 0 amide bonds. The van der Waals surface area contributed by atoms with Crippen molar-refractivity contribution >= 4 is 14.4 Å². The summed E-state index contributed by atoms with van der Waals surface area (Å²) in [5.74, 6) is 0.788. The summed E-state index contributed by atoms with van der Waals surface area (Å²) < 4.78 is 9.75. The molecule has 8 heteroatoms. The third-order valence-corrected chi connectivity index (χ3v) is 4.14. The fourth-order valence-corrected chi connectivity index (χ4v) is 2.92. The van der Waals surface area contributed by atoms with Crippen LogP contribution in [-0.2, 0) is 0 Å². The first-order chi connectivity index (χ1) is 9.49. The van der Waals surface area contributed by atoms with Crippen molar-refractivity contribution in [1.82, 2.24) is 24.3 Å². The zero-order chi connectivity index (χ0) is 14.7. The van der Waals surface area contributed by atoms with Gasteiger partial charge >= 0.3 is 0 Å². The van der Waals surface area contributed by atoms with Crippen molar-refractivity contribution in [3.05, 3.63) is 30.3 Å². The Morgan fingerprint density at radius 2 is 1.70 bits per heavy atom. The van der Waals surface area contributed by atoms with E-state index in [1.807, 2.05) is 67.9 Å². The predicted octanol–water partition coefficient (Wildman–Crippen LogP) is 1.31. The molecule has 0 fully saturated rings. The SMILES string of the molecule is CN(C)P(On1nc(-c2ccccc2)nc1N)N(C)C. The van der Waals surface area contributed by atoms with Gasteiger partial charge < -0.3 is 10.4 Å². The fraction of sp³-hybridized carbons (Fsp3) is 0.333. The van der Waals surface area contributed by atoms with Crippen molar-refractivity contribution in [1.29, 1.82) is 0 Å². The Bertz CT molecular complexity index is 548. The van der Waals surface area contributed by atoms with Crippen molar-refractivity contribution in [2.45, 2.75) is 0 Å². The monoisotopic (exact) mass is 294 g/mol. The summed E-state index contributed by atoms with van der Waals surface area (Å²) in [6.07, 6.45) is 0. The van der Waals surface area contributed by atoms with E-state index in [4.69, 9.17) is 10.4 Å². The Kier molecular flexibility index (Phi) is 4.54. The van der Waals surface area contributed by atoms with Gasteiger partial charge in [0.15, 0.2) is 5.82 Å². The van der Waals surface area contributed by atoms with Crippen molar-refractivity contribution in [2.24, 2.45) is 0 Å². The first kappa shape index (κ1) is 14.7. The predicted molar refractivity (Wildman–Crippen MR) is 80.7 cm³/mol. The summed E-state index contributed by atoms with van der Waals surface area (Å²) in [7, 11) is 6.79. The van der Waals surface area contributed by atoms with Crippen LogP contribution in [0.25, 0.3) is 11.4 Å². The van der Waals surface area contributed by atoms with Crippen LogP contribution >= 0.6 is 8.45 Å². The highest BCUT2D eigenvalue weighted by molar-refractivity contribution is 7.47. The third-order valence-electron chi connectivity index (χ3n) is 2.47. The molecule has 2 rings (SSSR count). The molecule has 0 radical (unpaired) electrons. The maximum absolute atomic E-state index is 5.86. The summed E-state index contributed by atoms with van der Waals surface area (Å²) in [6.45, 7) is 0. The van der Waals surface area contributed by atoms with Gasteiger partial charge in [-0.1, -0.05) is 35.2 Å². The second kappa shape index (κ2) is 6.17. The largest absolute Gasteiger partial charge is 0.365 e. The van der Waals surface area contributed by atoms with Gasteiger partial charge in [0.1, 0.15) is 0 Å². The van der Waals surface area contributed by atoms with Crippen LogP contribution in [-0.4, -0.2) is 52.5 Å². The van der Waals surface area contributed by atoms with E-state index in [1.54, 1.807) is 0 Å². The van der Waals surface area contributed by atoms with E-state index in [0.717, 1.165) is 5.56 Å². The molecule has 0 saturated carbocycles. The molecule has 7 nitrogen and oxygen atoms in total. The maximum atomic E-state index is 5.86. The topological polar surface area (TPSA) is 72.4 Å². The molecule has 1 aromatic carbocycles. The molecule has 0 saturated heterocycles. The number of hydrogen-bond donors (Lipinski definition) is 1. The van der Waals surface area contributed by atoms with Gasteiger partial charge in [0.25, 0.3) is 14.4 Å². The zero-order valence-electron chi connectivity index (χ0n) is 12.1. The van der Waals surface area contributed by atoms with Crippen molar-refractivity contribution in [3.63, 3.8) is 0 Å². The molecule has 0 aliphatic heterocycles. The van der Waals surface area contributed by atoms with E-state index >= 15 is 0 Å². The lowest BCUT2D eigenvalue weighted by atomic mass is 10.2. The summed E-state index contributed by atoms with van der Waals surface area (Å²) in [5, 5.41) is 4.31. The molecule has 0 atom stereocenters. The standard InChI is InChI=1S/C12H19N6OP/c1-16(2)20(17(3)4)19-18-12(13)14-11(15-18)10-8-6-5-7-9-10/h5-9H,1-4H3,(H2,13,14,15). The van der Waals surface area contributed by atoms with Crippen molar-refractivity contribution in [2.75, 3.05) is 33.9 Å². The molecule has 2 N–H and O–H groups in total. The number of rotatable bonds is 5. The number of nitrogens with zero attached hydrogens (tertiary/aromatic N) is 5. The van der Waals surface area contributed by atoms with E-state index in [9.17, 15) is 0 Å². The van der Waals surface area contributed by atoms with E-state index < -0.39 is 8.45 Å². The molecule has 1 aromatic heterocycles. The fourth-order valence-electron chi connectivity index (χ4n) is 1.65. The Morgan fingerprint density at radius 1 is 1.10 bits per heavy atom. The molecule has 0 spiro atoms. The molecule has 108 valence electrons. The van der Waals surface area contributed by atoms with Crippen LogP contribution in [0, 0.1) is 0 Å². The van der Waals surface area contributed by atoms with E-state index in [2.05, 4.69) is 10.1 Å². The molecule has 1 heterocycles. The highest BCUT2D eigenvalue weighted by atomic mass is 31.2. The molecule has 2 aromatic rings. The van der Waals surface area contributed by atoms with Crippen LogP contribution in [0.2, 0.25) is 0 Å². The molecule has 0 unspecified atom stereocenters. The zero-order valence-corrected chi connectivity index (χ0v) is 13.0. The molecule has 20 heavy (non-hydrogen) atoms. The van der Waals surface area contributed by atoms with Crippen LogP contribution in [0.3, 0.4) is 0 Å². The molecular formula is C12H19N6OP. The van der Waals surface area contributed by atoms with Gasteiger partial charge in [-0.05, 0) is 28.2 Å². The van der Waals surface area contributed by atoms with Crippen LogP contribution < -0.4 is 10.4 Å². The number of anilines is 1. The number of nitrogens with two attached hydrogens (primary N) is 1. The molecule has 0 bridgehead atoms. The van der Waals surface area contributed by atoms with Gasteiger partial charge in [-0.2, -0.15) is 4.98 Å². The number of hydrogen-bond acceptors (Lipinski definition) is 6. The number of aromatic nitrogens is 3. The lowest BCUT2D eigenvalue weighted by Crippen LogP contribution is -2.26. The number of nitrogen functional groups attached to an aromatic ring is 1. The molecule has 0 aliphatic carbocycles. The van der Waals surface area contributed by atoms with Gasteiger partial charge in [0, 0.05) is 5.56 Å². The second-order valence-electron chi connectivity index (χ2n) is 4.56. The minimum atomic E-state index is -0.980. The average Bonchev–Trinajstić information content (AvgIpc) is 2.77. The highest BCUT2D eigenvalue weighted by Gasteiger charge is 2.21. The second-order valence-corrected chi connectivity index (χ2v) is 6.83. The van der Waals surface area contributed by atoms with Gasteiger partial charge in [-0.15, -0.1) is 5.10 Å². The summed E-state index contributed by atoms with van der Waals surface area (Å²) in [6, 6.07) is 9.66. The summed E-state index contributed by atoms with van der Waals surface area (Å²) >= 11 is 0. The van der Waals surface area contributed by atoms with Crippen LogP contribution in [0.1, 0.15) is 0 Å². The van der Waals surface area contributed by atoms with Gasteiger partial charge in [0.2, 0.25) is 0 Å². The first-order valence-corrected chi connectivity index (χ1v) is 7.26. The Morgan fingerprint density at radius 3 is 2.25 bits per heavy atom. The Balaban J connectivity index is 2.24. The first-order valence-electron chi connectivity index (χ1n) is 6.10. The van der Waals surface area contributed by atoms with Gasteiger partial charge in [-0.25, -0.2) is 9.34 Å². The lowest BCUT2D eigenvalue weighted by molar-refractivity contribution is 0.231. The van der Waals surface area contributed by atoms with Crippen molar-refractivity contribution in [3.8, 4) is 11.4 Å². The summed E-state index contributed by atoms with van der Waals surface area (Å²) in [4.78, 5) is 5.52. The quantitative estimate of drug-likeness (QED) is 0.838.